The Morgan fingerprint density at radius 1 is 1.29 bits per heavy atom. The Morgan fingerprint density at radius 2 is 2.08 bits per heavy atom. The highest BCUT2D eigenvalue weighted by atomic mass is 35.5. The first-order chi connectivity index (χ1) is 18.2. The molecule has 0 spiro atoms. The van der Waals surface area contributed by atoms with E-state index >= 15 is 0 Å². The maximum absolute atomic E-state index is 13.1. The van der Waals surface area contributed by atoms with Crippen molar-refractivity contribution in [3.63, 3.8) is 0 Å². The van der Waals surface area contributed by atoms with E-state index in [1.807, 2.05) is 32.0 Å². The molecule has 10 nitrogen and oxygen atoms in total. The summed E-state index contributed by atoms with van der Waals surface area (Å²) in [6.07, 6.45) is 3.84. The van der Waals surface area contributed by atoms with Crippen LogP contribution in [0.1, 0.15) is 46.6 Å². The van der Waals surface area contributed by atoms with E-state index in [1.165, 1.54) is 7.05 Å². The molecule has 1 aliphatic heterocycles. The van der Waals surface area contributed by atoms with Crippen LogP contribution in [0.5, 0.6) is 5.75 Å². The van der Waals surface area contributed by atoms with Crippen molar-refractivity contribution in [2.45, 2.75) is 58.8 Å². The van der Waals surface area contributed by atoms with Gasteiger partial charge in [-0.1, -0.05) is 24.9 Å². The molecular formula is C27H35ClN6O4. The van der Waals surface area contributed by atoms with Gasteiger partial charge in [0.1, 0.15) is 5.02 Å². The Kier molecular flexibility index (Phi) is 8.73. The summed E-state index contributed by atoms with van der Waals surface area (Å²) in [5.74, 6) is 0.862. The van der Waals surface area contributed by atoms with Gasteiger partial charge < -0.3 is 29.6 Å². The van der Waals surface area contributed by atoms with Crippen LogP contribution in [0.2, 0.25) is 5.02 Å². The van der Waals surface area contributed by atoms with E-state index in [0.29, 0.717) is 23.3 Å². The van der Waals surface area contributed by atoms with E-state index < -0.39 is 0 Å². The SMILES string of the molecule is CCCC1CN(c2ncc(Cl)c(Nc3ccc4c(c3)cc(OCC(=O)NC)c(=O)n4C(C)C)n2)C[C@@H](C)O1. The second-order valence-electron chi connectivity index (χ2n) is 9.77. The van der Waals surface area contributed by atoms with Crippen molar-refractivity contribution in [1.82, 2.24) is 19.9 Å². The lowest BCUT2D eigenvalue weighted by atomic mass is 10.1. The number of ether oxygens (including phenoxy) is 2. The highest BCUT2D eigenvalue weighted by molar-refractivity contribution is 6.32. The zero-order valence-electron chi connectivity index (χ0n) is 22.5. The van der Waals surface area contributed by atoms with Crippen LogP contribution in [-0.4, -0.2) is 59.4 Å². The minimum Gasteiger partial charge on any atom is -0.478 e. The van der Waals surface area contributed by atoms with Crippen LogP contribution < -0.4 is 25.8 Å². The lowest BCUT2D eigenvalue weighted by Crippen LogP contribution is -2.47. The molecule has 0 saturated carbocycles. The highest BCUT2D eigenvalue weighted by Gasteiger charge is 2.27. The minimum absolute atomic E-state index is 0.0786. The van der Waals surface area contributed by atoms with Gasteiger partial charge in [-0.2, -0.15) is 4.98 Å². The predicted molar refractivity (Wildman–Crippen MR) is 150 cm³/mol. The summed E-state index contributed by atoms with van der Waals surface area (Å²) in [4.78, 5) is 36.1. The zero-order valence-corrected chi connectivity index (χ0v) is 23.2. The number of hydrogen-bond donors (Lipinski definition) is 2. The van der Waals surface area contributed by atoms with Crippen molar-refractivity contribution in [2.24, 2.45) is 0 Å². The smallest absolute Gasteiger partial charge is 0.293 e. The summed E-state index contributed by atoms with van der Waals surface area (Å²) < 4.78 is 13.3. The van der Waals surface area contributed by atoms with Crippen LogP contribution in [0, 0.1) is 0 Å². The molecule has 2 atom stereocenters. The molecule has 0 bridgehead atoms. The highest BCUT2D eigenvalue weighted by Crippen LogP contribution is 2.29. The fraction of sp³-hybridized carbons (Fsp3) is 0.481. The average Bonchev–Trinajstić information content (AvgIpc) is 2.88. The van der Waals surface area contributed by atoms with E-state index in [4.69, 9.17) is 26.1 Å². The molecule has 38 heavy (non-hydrogen) atoms. The molecule has 1 fully saturated rings. The molecule has 3 aromatic rings. The lowest BCUT2D eigenvalue weighted by Gasteiger charge is -2.36. The van der Waals surface area contributed by atoms with Gasteiger partial charge in [-0.3, -0.25) is 9.59 Å². The lowest BCUT2D eigenvalue weighted by molar-refractivity contribution is -0.122. The van der Waals surface area contributed by atoms with Gasteiger partial charge in [0.15, 0.2) is 18.2 Å². The maximum Gasteiger partial charge on any atom is 0.293 e. The van der Waals surface area contributed by atoms with E-state index in [1.54, 1.807) is 16.8 Å². The van der Waals surface area contributed by atoms with Crippen LogP contribution in [0.25, 0.3) is 10.9 Å². The van der Waals surface area contributed by atoms with E-state index in [2.05, 4.69) is 34.4 Å². The summed E-state index contributed by atoms with van der Waals surface area (Å²) in [6, 6.07) is 7.18. The van der Waals surface area contributed by atoms with Crippen molar-refractivity contribution in [3.05, 3.63) is 45.8 Å². The first kappa shape index (κ1) is 27.7. The number of halogens is 1. The van der Waals surface area contributed by atoms with Crippen LogP contribution in [0.15, 0.2) is 35.3 Å². The van der Waals surface area contributed by atoms with Gasteiger partial charge in [-0.15, -0.1) is 0 Å². The Balaban J connectivity index is 1.65. The largest absolute Gasteiger partial charge is 0.478 e. The molecule has 11 heteroatoms. The van der Waals surface area contributed by atoms with Crippen molar-refractivity contribution >= 4 is 45.9 Å². The van der Waals surface area contributed by atoms with Crippen molar-refractivity contribution in [2.75, 3.05) is 37.0 Å². The number of pyridine rings is 1. The number of likely N-dealkylation sites (N-methyl/N-ethyl adjacent to an activating group) is 1. The molecule has 0 radical (unpaired) electrons. The summed E-state index contributed by atoms with van der Waals surface area (Å²) in [7, 11) is 1.52. The molecule has 204 valence electrons. The number of carbonyl (C=O) groups excluding carboxylic acids is 1. The second-order valence-corrected chi connectivity index (χ2v) is 10.2. The molecule has 1 amide bonds. The van der Waals surface area contributed by atoms with E-state index in [9.17, 15) is 9.59 Å². The molecule has 1 aliphatic rings. The Labute approximate surface area is 227 Å². The fourth-order valence-electron chi connectivity index (χ4n) is 4.65. The number of aromatic nitrogens is 3. The average molecular weight is 543 g/mol. The predicted octanol–water partition coefficient (Wildman–Crippen LogP) is 4.29. The first-order valence-electron chi connectivity index (χ1n) is 12.9. The normalized spacial score (nSPS) is 17.6. The number of nitrogens with zero attached hydrogens (tertiary/aromatic N) is 4. The van der Waals surface area contributed by atoms with Crippen LogP contribution in [-0.2, 0) is 9.53 Å². The fourth-order valence-corrected chi connectivity index (χ4v) is 4.79. The van der Waals surface area contributed by atoms with Gasteiger partial charge in [0.2, 0.25) is 5.95 Å². The monoisotopic (exact) mass is 542 g/mol. The summed E-state index contributed by atoms with van der Waals surface area (Å²) >= 11 is 6.47. The number of hydrogen-bond acceptors (Lipinski definition) is 8. The number of rotatable bonds is 9. The van der Waals surface area contributed by atoms with Crippen LogP contribution in [0.4, 0.5) is 17.5 Å². The zero-order chi connectivity index (χ0) is 27.4. The van der Waals surface area contributed by atoms with E-state index in [-0.39, 0.29) is 42.1 Å². The van der Waals surface area contributed by atoms with Crippen molar-refractivity contribution in [1.29, 1.82) is 0 Å². The van der Waals surface area contributed by atoms with Crippen molar-refractivity contribution in [3.8, 4) is 5.75 Å². The van der Waals surface area contributed by atoms with Crippen LogP contribution in [0.3, 0.4) is 0 Å². The summed E-state index contributed by atoms with van der Waals surface area (Å²) in [6.45, 7) is 9.23. The standard InChI is InChI=1S/C27H35ClN6O4/c1-6-7-20-14-33(13-17(4)38-20)27-30-12-21(28)25(32-27)31-19-8-9-22-18(10-19)11-23(37-15-24(35)29-5)26(36)34(22)16(2)3/h8-12,16-17,20H,6-7,13-15H2,1-5H3,(H,29,35)(H,30,31,32)/t17-,20?/m1/s1. The topological polar surface area (TPSA) is 111 Å². The molecule has 1 aromatic carbocycles. The molecule has 3 heterocycles. The van der Waals surface area contributed by atoms with Gasteiger partial charge in [-0.25, -0.2) is 4.98 Å². The van der Waals surface area contributed by atoms with Crippen LogP contribution >= 0.6 is 11.6 Å². The molecule has 0 aliphatic carbocycles. The summed E-state index contributed by atoms with van der Waals surface area (Å²) in [5, 5.41) is 6.95. The molecule has 4 rings (SSSR count). The number of nitrogens with one attached hydrogen (secondary N) is 2. The number of benzene rings is 1. The van der Waals surface area contributed by atoms with Gasteiger partial charge in [0.25, 0.3) is 11.5 Å². The number of anilines is 3. The number of amides is 1. The second kappa shape index (κ2) is 12.0. The number of morpholine rings is 1. The summed E-state index contributed by atoms with van der Waals surface area (Å²) in [5.41, 5.74) is 1.19. The molecular weight excluding hydrogens is 508 g/mol. The Morgan fingerprint density at radius 3 is 2.79 bits per heavy atom. The van der Waals surface area contributed by atoms with Crippen molar-refractivity contribution < 1.29 is 14.3 Å². The van der Waals surface area contributed by atoms with Gasteiger partial charge >= 0.3 is 0 Å². The quantitative estimate of drug-likeness (QED) is 0.412. The number of fused-ring (bicyclic) bond motifs is 1. The Hall–Kier alpha value is -3.37. The minimum atomic E-state index is -0.319. The third kappa shape index (κ3) is 6.19. The number of carbonyl (C=O) groups is 1. The first-order valence-corrected chi connectivity index (χ1v) is 13.3. The Bertz CT molecular complexity index is 1360. The molecule has 2 aromatic heterocycles. The van der Waals surface area contributed by atoms with Gasteiger partial charge in [0.05, 0.1) is 23.9 Å². The third-order valence-corrected chi connectivity index (χ3v) is 6.65. The van der Waals surface area contributed by atoms with Gasteiger partial charge in [0, 0.05) is 37.3 Å². The molecule has 1 saturated heterocycles. The van der Waals surface area contributed by atoms with E-state index in [0.717, 1.165) is 36.0 Å². The molecule has 2 N–H and O–H groups in total. The maximum atomic E-state index is 13.1. The van der Waals surface area contributed by atoms with Gasteiger partial charge in [-0.05, 0) is 51.5 Å². The third-order valence-electron chi connectivity index (χ3n) is 6.37. The molecule has 1 unspecified atom stereocenters.